The van der Waals surface area contributed by atoms with E-state index in [2.05, 4.69) is 61.7 Å². The van der Waals surface area contributed by atoms with Crippen LogP contribution in [0.15, 0.2) is 91.0 Å². The number of alkyl halides is 1. The number of benzene rings is 3. The molecule has 0 amide bonds. The van der Waals surface area contributed by atoms with Crippen molar-refractivity contribution in [1.82, 2.24) is 0 Å². The van der Waals surface area contributed by atoms with Crippen LogP contribution in [0.3, 0.4) is 0 Å². The van der Waals surface area contributed by atoms with Gasteiger partial charge in [-0.1, -0.05) is 80.6 Å². The molecular weight excluding hydrogens is 627 g/mol. The molecule has 0 radical (unpaired) electrons. The lowest BCUT2D eigenvalue weighted by Crippen LogP contribution is -2.20. The van der Waals surface area contributed by atoms with E-state index in [1.54, 1.807) is 6.07 Å². The van der Waals surface area contributed by atoms with Crippen LogP contribution in [-0.4, -0.2) is 73.9 Å². The molecule has 0 aliphatic heterocycles. The van der Waals surface area contributed by atoms with Crippen LogP contribution in [0.4, 0.5) is 4.39 Å². The maximum atomic E-state index is 12.4. The molecule has 1 aliphatic carbocycles. The Labute approximate surface area is 288 Å². The number of halogens is 1. The van der Waals surface area contributed by atoms with Gasteiger partial charge in [-0.25, -0.2) is 4.79 Å². The van der Waals surface area contributed by atoms with E-state index < -0.39 is 25.5 Å². The molecule has 0 saturated heterocycles. The van der Waals surface area contributed by atoms with Gasteiger partial charge in [0.2, 0.25) is 0 Å². The number of esters is 1. The van der Waals surface area contributed by atoms with Crippen molar-refractivity contribution in [1.29, 1.82) is 0 Å². The number of carbonyl (C=O) groups is 1. The van der Waals surface area contributed by atoms with Crippen LogP contribution in [0.1, 0.15) is 56.4 Å². The van der Waals surface area contributed by atoms with E-state index in [9.17, 15) is 14.3 Å². The summed E-state index contributed by atoms with van der Waals surface area (Å²) in [7, 11) is 0. The molecule has 0 aromatic heterocycles. The molecule has 49 heavy (non-hydrogen) atoms. The first-order valence-corrected chi connectivity index (χ1v) is 17.0. The molecule has 4 rings (SSSR count). The number of ether oxygens (including phenoxy) is 4. The first kappa shape index (κ1) is 37.8. The summed E-state index contributed by atoms with van der Waals surface area (Å²) in [5, 5.41) is 28.0. The van der Waals surface area contributed by atoms with E-state index in [4.69, 9.17) is 29.2 Å². The Morgan fingerprint density at radius 3 is 1.98 bits per heavy atom. The van der Waals surface area contributed by atoms with Crippen molar-refractivity contribution in [3.05, 3.63) is 96.6 Å². The molecule has 1 fully saturated rings. The molecule has 3 aromatic carbocycles. The molecule has 264 valence electrons. The van der Waals surface area contributed by atoms with E-state index in [-0.39, 0.29) is 44.2 Å². The molecule has 0 bridgehead atoms. The van der Waals surface area contributed by atoms with Gasteiger partial charge in [0.15, 0.2) is 17.8 Å². The van der Waals surface area contributed by atoms with Gasteiger partial charge in [0.05, 0.1) is 32.1 Å². The topological polar surface area (TPSA) is 115 Å². The minimum absolute atomic E-state index is 0.0344. The van der Waals surface area contributed by atoms with E-state index in [0.717, 1.165) is 41.0 Å². The minimum atomic E-state index is -1.30. The maximum Gasteiger partial charge on any atom is 0.335 e. The SMILES string of the molecule is C=C(CO)C(=O)OCCOc1cc(-c2ccc(-c3ccc(C4CCC(CCCCF)CC4)cc3)cc2)ccc1OCCOC(O)C(=C)CO. The second-order valence-corrected chi connectivity index (χ2v) is 12.4. The average Bonchev–Trinajstić information content (AvgIpc) is 3.15. The van der Waals surface area contributed by atoms with Crippen LogP contribution in [-0.2, 0) is 14.3 Å². The zero-order valence-electron chi connectivity index (χ0n) is 28.2. The third-order valence-corrected chi connectivity index (χ3v) is 8.94. The fraction of sp³-hybridized carbons (Fsp3) is 0.425. The van der Waals surface area contributed by atoms with Gasteiger partial charge in [-0.05, 0) is 83.9 Å². The van der Waals surface area contributed by atoms with Gasteiger partial charge in [-0.2, -0.15) is 0 Å². The molecule has 3 aromatic rings. The van der Waals surface area contributed by atoms with Crippen LogP contribution in [0, 0.1) is 5.92 Å². The summed E-state index contributed by atoms with van der Waals surface area (Å²) in [6.45, 7) is 6.02. The predicted octanol–water partition coefficient (Wildman–Crippen LogP) is 7.17. The van der Waals surface area contributed by atoms with Crippen molar-refractivity contribution in [2.75, 3.05) is 46.3 Å². The Kier molecular flexibility index (Phi) is 15.3. The number of carbonyl (C=O) groups excluding carboxylic acids is 1. The van der Waals surface area contributed by atoms with Gasteiger partial charge in [0, 0.05) is 5.57 Å². The van der Waals surface area contributed by atoms with Gasteiger partial charge < -0.3 is 34.3 Å². The third kappa shape index (κ3) is 11.5. The third-order valence-electron chi connectivity index (χ3n) is 8.94. The Morgan fingerprint density at radius 2 is 1.35 bits per heavy atom. The molecule has 1 saturated carbocycles. The van der Waals surface area contributed by atoms with Crippen molar-refractivity contribution in [3.8, 4) is 33.8 Å². The summed E-state index contributed by atoms with van der Waals surface area (Å²) in [4.78, 5) is 11.8. The predicted molar refractivity (Wildman–Crippen MR) is 188 cm³/mol. The summed E-state index contributed by atoms with van der Waals surface area (Å²) in [5.41, 5.74) is 5.62. The minimum Gasteiger partial charge on any atom is -0.487 e. The van der Waals surface area contributed by atoms with Gasteiger partial charge in [-0.3, -0.25) is 4.39 Å². The number of unbranched alkanes of at least 4 members (excludes halogenated alkanes) is 1. The Bertz CT molecular complexity index is 1480. The van der Waals surface area contributed by atoms with Crippen molar-refractivity contribution in [2.45, 2.75) is 57.2 Å². The smallest absolute Gasteiger partial charge is 0.335 e. The standard InChI is InChI=1S/C40H49FO8/c1-28(26-42)39(44)48-23-21-46-37-19-18-36(25-38(37)47-22-24-49-40(45)29(2)27-43)35-16-14-34(15-17-35)33-12-10-32(11-13-33)31-8-6-30(7-9-31)5-3-4-20-41/h10-19,25,30-31,39,42-44H,1-9,20-24,26-27H2. The van der Waals surface area contributed by atoms with Gasteiger partial charge >= 0.3 is 5.97 Å². The van der Waals surface area contributed by atoms with Crippen molar-refractivity contribution < 1.29 is 43.5 Å². The van der Waals surface area contributed by atoms with Gasteiger partial charge in [-0.15, -0.1) is 0 Å². The fourth-order valence-corrected chi connectivity index (χ4v) is 5.99. The second-order valence-electron chi connectivity index (χ2n) is 12.4. The summed E-state index contributed by atoms with van der Waals surface area (Å²) in [5.74, 6) is 1.48. The summed E-state index contributed by atoms with van der Waals surface area (Å²) in [6, 6.07) is 22.7. The highest BCUT2D eigenvalue weighted by atomic mass is 19.1. The molecule has 0 spiro atoms. The van der Waals surface area contributed by atoms with Crippen LogP contribution < -0.4 is 9.47 Å². The largest absolute Gasteiger partial charge is 0.487 e. The average molecular weight is 677 g/mol. The zero-order chi connectivity index (χ0) is 35.0. The maximum absolute atomic E-state index is 12.4. The van der Waals surface area contributed by atoms with Crippen molar-refractivity contribution >= 4 is 5.97 Å². The normalized spacial score (nSPS) is 16.5. The van der Waals surface area contributed by atoms with Crippen LogP contribution in [0.5, 0.6) is 11.5 Å². The fourth-order valence-electron chi connectivity index (χ4n) is 5.99. The van der Waals surface area contributed by atoms with E-state index in [0.29, 0.717) is 23.8 Å². The molecule has 8 nitrogen and oxygen atoms in total. The quantitative estimate of drug-likeness (QED) is 0.0380. The molecule has 0 heterocycles. The lowest BCUT2D eigenvalue weighted by Gasteiger charge is -2.29. The van der Waals surface area contributed by atoms with E-state index in [1.807, 2.05) is 12.1 Å². The molecule has 9 heteroatoms. The van der Waals surface area contributed by atoms with E-state index >= 15 is 0 Å². The first-order valence-electron chi connectivity index (χ1n) is 17.0. The first-order chi connectivity index (χ1) is 23.8. The van der Waals surface area contributed by atoms with Crippen molar-refractivity contribution in [2.24, 2.45) is 5.92 Å². The lowest BCUT2D eigenvalue weighted by atomic mass is 9.77. The molecular formula is C40H49FO8. The number of aliphatic hydroxyl groups is 3. The molecule has 3 N–H and O–H groups in total. The number of aliphatic hydroxyl groups excluding tert-OH is 3. The summed E-state index contributed by atoms with van der Waals surface area (Å²) >= 11 is 0. The molecule has 1 aliphatic rings. The van der Waals surface area contributed by atoms with Crippen LogP contribution >= 0.6 is 0 Å². The monoisotopic (exact) mass is 676 g/mol. The number of hydrogen-bond donors (Lipinski definition) is 3. The van der Waals surface area contributed by atoms with Gasteiger partial charge in [0.25, 0.3) is 0 Å². The molecule has 1 unspecified atom stereocenters. The van der Waals surface area contributed by atoms with Crippen LogP contribution in [0.25, 0.3) is 22.3 Å². The number of hydrogen-bond acceptors (Lipinski definition) is 8. The highest BCUT2D eigenvalue weighted by Gasteiger charge is 2.22. The summed E-state index contributed by atoms with van der Waals surface area (Å²) < 4.78 is 34.6. The zero-order valence-corrected chi connectivity index (χ0v) is 28.2. The number of rotatable bonds is 20. The molecule has 1 atom stereocenters. The van der Waals surface area contributed by atoms with Crippen LogP contribution in [0.2, 0.25) is 0 Å². The highest BCUT2D eigenvalue weighted by molar-refractivity contribution is 5.87. The Balaban J connectivity index is 1.38. The Morgan fingerprint density at radius 1 is 0.755 bits per heavy atom. The second kappa shape index (κ2) is 19.8. The highest BCUT2D eigenvalue weighted by Crippen LogP contribution is 2.39. The Hall–Kier alpha value is -4.02. The van der Waals surface area contributed by atoms with Crippen molar-refractivity contribution in [3.63, 3.8) is 0 Å². The lowest BCUT2D eigenvalue weighted by molar-refractivity contribution is -0.140. The van der Waals surface area contributed by atoms with E-state index in [1.165, 1.54) is 31.2 Å². The van der Waals surface area contributed by atoms with Gasteiger partial charge in [0.1, 0.15) is 19.8 Å². The summed E-state index contributed by atoms with van der Waals surface area (Å²) in [6.07, 6.45) is 6.41.